The minimum Gasteiger partial charge on any atom is -0.399 e. The largest absolute Gasteiger partial charge is 0.399 e. The Morgan fingerprint density at radius 3 is 2.53 bits per heavy atom. The lowest BCUT2D eigenvalue weighted by molar-refractivity contribution is 0.0652. The van der Waals surface area contributed by atoms with Crippen molar-refractivity contribution in [3.8, 4) is 0 Å². The standard InChI is InChI=1S/C13H15N2O2/c1-2-3-4-7-15-12(16)10-6-5-9(14)8-11(10)13(15)17/h5-6,8H,1-4,7,14H2. The molecule has 2 amide bonds. The number of amides is 2. The van der Waals surface area contributed by atoms with Gasteiger partial charge in [-0.2, -0.15) is 0 Å². The van der Waals surface area contributed by atoms with Gasteiger partial charge in [0.1, 0.15) is 0 Å². The molecule has 1 heterocycles. The van der Waals surface area contributed by atoms with Gasteiger partial charge >= 0.3 is 0 Å². The number of carbonyl (C=O) groups is 2. The number of nitrogens with zero attached hydrogens (tertiary/aromatic N) is 1. The highest BCUT2D eigenvalue weighted by molar-refractivity contribution is 6.21. The van der Waals surface area contributed by atoms with Crippen molar-refractivity contribution in [1.29, 1.82) is 0 Å². The van der Waals surface area contributed by atoms with E-state index in [0.717, 1.165) is 19.3 Å². The molecule has 1 aromatic carbocycles. The van der Waals surface area contributed by atoms with Gasteiger partial charge in [-0.3, -0.25) is 14.5 Å². The molecule has 1 aliphatic rings. The molecule has 0 fully saturated rings. The predicted octanol–water partition coefficient (Wildman–Crippen LogP) is 1.87. The molecule has 89 valence electrons. The van der Waals surface area contributed by atoms with Crippen molar-refractivity contribution in [3.05, 3.63) is 36.2 Å². The monoisotopic (exact) mass is 231 g/mol. The summed E-state index contributed by atoms with van der Waals surface area (Å²) in [6, 6.07) is 4.83. The molecule has 4 nitrogen and oxygen atoms in total. The number of carbonyl (C=O) groups excluding carboxylic acids is 2. The molecule has 0 aliphatic carbocycles. The topological polar surface area (TPSA) is 63.4 Å². The van der Waals surface area contributed by atoms with Crippen LogP contribution in [0.5, 0.6) is 0 Å². The number of unbranched alkanes of at least 4 members (excludes halogenated alkanes) is 2. The number of fused-ring (bicyclic) bond motifs is 1. The van der Waals surface area contributed by atoms with Gasteiger partial charge < -0.3 is 5.73 Å². The summed E-state index contributed by atoms with van der Waals surface area (Å²) in [5.41, 5.74) is 7.00. The van der Waals surface area contributed by atoms with Gasteiger partial charge in [0.2, 0.25) is 0 Å². The number of anilines is 1. The Hall–Kier alpha value is -1.84. The Balaban J connectivity index is 2.20. The van der Waals surface area contributed by atoms with E-state index in [0.29, 0.717) is 23.4 Å². The Labute approximate surface area is 100 Å². The molecule has 0 atom stereocenters. The third-order valence-electron chi connectivity index (χ3n) is 2.88. The molecule has 0 spiro atoms. The maximum absolute atomic E-state index is 12.0. The Bertz CT molecular complexity index is 468. The molecular formula is C13H15N2O2. The summed E-state index contributed by atoms with van der Waals surface area (Å²) in [7, 11) is 0. The maximum atomic E-state index is 12.0. The molecular weight excluding hydrogens is 216 g/mol. The van der Waals surface area contributed by atoms with Gasteiger partial charge in [0, 0.05) is 12.2 Å². The first-order valence-corrected chi connectivity index (χ1v) is 5.70. The predicted molar refractivity (Wildman–Crippen MR) is 65.4 cm³/mol. The molecule has 1 aromatic rings. The van der Waals surface area contributed by atoms with Gasteiger partial charge in [-0.05, 0) is 24.6 Å². The molecule has 2 N–H and O–H groups in total. The second kappa shape index (κ2) is 4.57. The minimum absolute atomic E-state index is 0.214. The summed E-state index contributed by atoms with van der Waals surface area (Å²) in [5, 5.41) is 0. The molecule has 0 saturated carbocycles. The second-order valence-electron chi connectivity index (χ2n) is 4.13. The van der Waals surface area contributed by atoms with E-state index in [1.807, 2.05) is 0 Å². The Morgan fingerprint density at radius 2 is 1.82 bits per heavy atom. The summed E-state index contributed by atoms with van der Waals surface area (Å²) in [6.45, 7) is 4.19. The molecule has 4 heteroatoms. The van der Waals surface area contributed by atoms with Crippen molar-refractivity contribution in [3.63, 3.8) is 0 Å². The van der Waals surface area contributed by atoms with Gasteiger partial charge in [0.25, 0.3) is 11.8 Å². The van der Waals surface area contributed by atoms with Crippen LogP contribution in [-0.4, -0.2) is 23.3 Å². The number of rotatable bonds is 4. The minimum atomic E-state index is -0.235. The fraction of sp³-hybridized carbons (Fsp3) is 0.308. The van der Waals surface area contributed by atoms with Crippen LogP contribution in [0.2, 0.25) is 0 Å². The molecule has 2 rings (SSSR count). The SMILES string of the molecule is [CH2]CCCCN1C(=O)c2ccc(N)cc2C1=O. The number of hydrogen-bond donors (Lipinski definition) is 1. The summed E-state index contributed by atoms with van der Waals surface area (Å²) >= 11 is 0. The van der Waals surface area contributed by atoms with Crippen molar-refractivity contribution in [2.24, 2.45) is 0 Å². The van der Waals surface area contributed by atoms with Crippen LogP contribution in [-0.2, 0) is 0 Å². The number of benzene rings is 1. The number of nitrogens with two attached hydrogens (primary N) is 1. The van der Waals surface area contributed by atoms with Gasteiger partial charge in [0.15, 0.2) is 0 Å². The van der Waals surface area contributed by atoms with Crippen LogP contribution < -0.4 is 5.73 Å². The lowest BCUT2D eigenvalue weighted by atomic mass is 10.1. The van der Waals surface area contributed by atoms with E-state index in [9.17, 15) is 9.59 Å². The summed E-state index contributed by atoms with van der Waals surface area (Å²) < 4.78 is 0. The van der Waals surface area contributed by atoms with Crippen LogP contribution in [0.3, 0.4) is 0 Å². The molecule has 1 radical (unpaired) electrons. The zero-order chi connectivity index (χ0) is 12.4. The Kier molecular flexibility index (Phi) is 3.13. The first-order valence-electron chi connectivity index (χ1n) is 5.70. The molecule has 1 aliphatic heterocycles. The van der Waals surface area contributed by atoms with Gasteiger partial charge in [-0.15, -0.1) is 0 Å². The fourth-order valence-electron chi connectivity index (χ4n) is 1.96. The van der Waals surface area contributed by atoms with Crippen molar-refractivity contribution < 1.29 is 9.59 Å². The molecule has 0 bridgehead atoms. The fourth-order valence-corrected chi connectivity index (χ4v) is 1.96. The highest BCUT2D eigenvalue weighted by atomic mass is 16.2. The van der Waals surface area contributed by atoms with E-state index >= 15 is 0 Å². The van der Waals surface area contributed by atoms with Gasteiger partial charge in [0.05, 0.1) is 11.1 Å². The van der Waals surface area contributed by atoms with Crippen LogP contribution >= 0.6 is 0 Å². The van der Waals surface area contributed by atoms with E-state index in [2.05, 4.69) is 6.92 Å². The Morgan fingerprint density at radius 1 is 1.12 bits per heavy atom. The highest BCUT2D eigenvalue weighted by Gasteiger charge is 2.34. The number of imide groups is 1. The van der Waals surface area contributed by atoms with Crippen LogP contribution in [0.15, 0.2) is 18.2 Å². The van der Waals surface area contributed by atoms with E-state index in [1.54, 1.807) is 18.2 Å². The zero-order valence-corrected chi connectivity index (χ0v) is 9.61. The molecule has 17 heavy (non-hydrogen) atoms. The third-order valence-corrected chi connectivity index (χ3v) is 2.88. The normalized spacial score (nSPS) is 14.3. The molecule has 0 unspecified atom stereocenters. The zero-order valence-electron chi connectivity index (χ0n) is 9.61. The lowest BCUT2D eigenvalue weighted by Crippen LogP contribution is -2.30. The van der Waals surface area contributed by atoms with E-state index in [-0.39, 0.29) is 11.8 Å². The van der Waals surface area contributed by atoms with Crippen molar-refractivity contribution in [1.82, 2.24) is 4.90 Å². The van der Waals surface area contributed by atoms with E-state index < -0.39 is 0 Å². The highest BCUT2D eigenvalue weighted by Crippen LogP contribution is 2.25. The quantitative estimate of drug-likeness (QED) is 0.489. The number of nitrogen functional groups attached to an aromatic ring is 1. The van der Waals surface area contributed by atoms with E-state index in [1.165, 1.54) is 4.90 Å². The van der Waals surface area contributed by atoms with Crippen LogP contribution in [0.25, 0.3) is 0 Å². The van der Waals surface area contributed by atoms with Crippen LogP contribution in [0, 0.1) is 6.92 Å². The second-order valence-corrected chi connectivity index (χ2v) is 4.13. The average molecular weight is 231 g/mol. The van der Waals surface area contributed by atoms with Crippen molar-refractivity contribution in [2.75, 3.05) is 12.3 Å². The third kappa shape index (κ3) is 2.02. The molecule has 0 aromatic heterocycles. The van der Waals surface area contributed by atoms with Crippen molar-refractivity contribution in [2.45, 2.75) is 19.3 Å². The summed E-state index contributed by atoms with van der Waals surface area (Å²) in [6.07, 6.45) is 2.52. The first-order chi connectivity index (χ1) is 8.15. The van der Waals surface area contributed by atoms with Crippen molar-refractivity contribution >= 4 is 17.5 Å². The molecule has 0 saturated heterocycles. The van der Waals surface area contributed by atoms with Crippen LogP contribution in [0.4, 0.5) is 5.69 Å². The van der Waals surface area contributed by atoms with Gasteiger partial charge in [-0.1, -0.05) is 19.8 Å². The van der Waals surface area contributed by atoms with Crippen LogP contribution in [0.1, 0.15) is 40.0 Å². The number of hydrogen-bond acceptors (Lipinski definition) is 3. The van der Waals surface area contributed by atoms with Gasteiger partial charge in [-0.25, -0.2) is 0 Å². The van der Waals surface area contributed by atoms with E-state index in [4.69, 9.17) is 5.73 Å². The summed E-state index contributed by atoms with van der Waals surface area (Å²) in [5.74, 6) is -0.449. The summed E-state index contributed by atoms with van der Waals surface area (Å²) in [4.78, 5) is 25.2. The average Bonchev–Trinajstić information content (AvgIpc) is 2.54. The maximum Gasteiger partial charge on any atom is 0.261 e. The smallest absolute Gasteiger partial charge is 0.261 e. The first kappa shape index (κ1) is 11.6. The lowest BCUT2D eigenvalue weighted by Gasteiger charge is -2.12.